The van der Waals surface area contributed by atoms with Crippen LogP contribution in [0.15, 0.2) is 130 Å². The van der Waals surface area contributed by atoms with Gasteiger partial charge in [-0.25, -0.2) is 23.0 Å². The van der Waals surface area contributed by atoms with Crippen molar-refractivity contribution in [1.82, 2.24) is 29.4 Å². The van der Waals surface area contributed by atoms with Gasteiger partial charge in [-0.15, -0.1) is 0 Å². The third-order valence-corrected chi connectivity index (χ3v) is 10.6. The molecule has 7 rings (SSSR count). The lowest BCUT2D eigenvalue weighted by atomic mass is 10.0. The van der Waals surface area contributed by atoms with E-state index in [0.717, 1.165) is 38.2 Å². The van der Waals surface area contributed by atoms with Crippen LogP contribution in [0.1, 0.15) is 37.7 Å². The van der Waals surface area contributed by atoms with Gasteiger partial charge in [0.15, 0.2) is 9.84 Å². The molecule has 0 aliphatic carbocycles. The van der Waals surface area contributed by atoms with Crippen molar-refractivity contribution in [3.8, 4) is 28.1 Å². The minimum atomic E-state index is -3.23. The summed E-state index contributed by atoms with van der Waals surface area (Å²) in [5.41, 5.74) is 4.97. The summed E-state index contributed by atoms with van der Waals surface area (Å²) in [7, 11) is -0.145. The number of rotatable bonds is 10. The minimum absolute atomic E-state index is 0.0409. The van der Waals surface area contributed by atoms with E-state index in [1.165, 1.54) is 42.3 Å². The first-order valence-electron chi connectivity index (χ1n) is 17.8. The quantitative estimate of drug-likeness (QED) is 0.165. The lowest BCUT2D eigenvalue weighted by Gasteiger charge is -2.12. The number of amides is 1. The number of methoxy groups -OCH3 is 1. The lowest BCUT2D eigenvalue weighted by molar-refractivity contribution is 0.0696. The van der Waals surface area contributed by atoms with Gasteiger partial charge in [-0.3, -0.25) is 28.7 Å². The van der Waals surface area contributed by atoms with E-state index in [1.54, 1.807) is 68.0 Å². The summed E-state index contributed by atoms with van der Waals surface area (Å²) in [4.78, 5) is 62.9. The lowest BCUT2D eigenvalue weighted by Crippen LogP contribution is -2.39. The number of aromatic nitrogens is 5. The van der Waals surface area contributed by atoms with Crippen LogP contribution in [0.2, 0.25) is 5.02 Å². The predicted molar refractivity (Wildman–Crippen MR) is 224 cm³/mol. The average Bonchev–Trinajstić information content (AvgIpc) is 3.24. The predicted octanol–water partition coefficient (Wildman–Crippen LogP) is 5.96. The number of fused-ring (bicyclic) bond motifs is 1. The van der Waals surface area contributed by atoms with Crippen LogP contribution in [0.3, 0.4) is 0 Å². The number of carboxylic acid groups (broad SMARTS) is 1. The second-order valence-corrected chi connectivity index (χ2v) is 15.8. The molecule has 1 amide bonds. The largest absolute Gasteiger partial charge is 0.497 e. The molecule has 0 unspecified atom stereocenters. The molecule has 4 aromatic heterocycles. The number of carbonyl (C=O) groups is 2. The van der Waals surface area contributed by atoms with Gasteiger partial charge >= 0.3 is 11.7 Å². The zero-order chi connectivity index (χ0) is 42.4. The van der Waals surface area contributed by atoms with Gasteiger partial charge in [-0.1, -0.05) is 48.0 Å². The molecule has 59 heavy (non-hydrogen) atoms. The van der Waals surface area contributed by atoms with E-state index in [1.807, 2.05) is 37.3 Å². The summed E-state index contributed by atoms with van der Waals surface area (Å²) in [5.74, 6) is -0.830. The van der Waals surface area contributed by atoms with Crippen molar-refractivity contribution in [2.45, 2.75) is 24.9 Å². The van der Waals surface area contributed by atoms with Crippen molar-refractivity contribution in [1.29, 1.82) is 0 Å². The second-order valence-electron chi connectivity index (χ2n) is 13.4. The van der Waals surface area contributed by atoms with Crippen molar-refractivity contribution >= 4 is 44.2 Å². The number of ether oxygens (including phenoxy) is 1. The number of nitrogens with one attached hydrogen (secondary N) is 1. The minimum Gasteiger partial charge on any atom is -0.497 e. The van der Waals surface area contributed by atoms with Crippen molar-refractivity contribution in [3.05, 3.63) is 170 Å². The van der Waals surface area contributed by atoms with Crippen molar-refractivity contribution in [2.75, 3.05) is 13.4 Å². The Kier molecular flexibility index (Phi) is 12.5. The van der Waals surface area contributed by atoms with Crippen molar-refractivity contribution < 1.29 is 27.9 Å². The van der Waals surface area contributed by atoms with Gasteiger partial charge < -0.3 is 15.2 Å². The van der Waals surface area contributed by atoms with Gasteiger partial charge in [0.1, 0.15) is 11.4 Å². The highest BCUT2D eigenvalue weighted by Crippen LogP contribution is 2.32. The third-order valence-electron chi connectivity index (χ3n) is 9.26. The van der Waals surface area contributed by atoms with E-state index < -0.39 is 33.0 Å². The summed E-state index contributed by atoms with van der Waals surface area (Å²) < 4.78 is 30.7. The van der Waals surface area contributed by atoms with Crippen LogP contribution in [0.5, 0.6) is 5.75 Å². The first kappa shape index (κ1) is 41.7. The fourth-order valence-corrected chi connectivity index (χ4v) is 6.79. The number of carbonyl (C=O) groups excluding carboxylic acids is 1. The first-order valence-corrected chi connectivity index (χ1v) is 20.1. The molecular formula is C43H37ClN6O8S. The number of halogens is 1. The number of hydrogen-bond donors (Lipinski definition) is 2. The molecule has 0 saturated heterocycles. The highest BCUT2D eigenvalue weighted by atomic mass is 35.5. The zero-order valence-electron chi connectivity index (χ0n) is 32.2. The Morgan fingerprint density at radius 2 is 1.49 bits per heavy atom. The fraction of sp³-hybridized carbons (Fsp3) is 0.140. The Bertz CT molecular complexity index is 2920. The molecule has 0 radical (unpaired) electrons. The van der Waals surface area contributed by atoms with Crippen LogP contribution in [-0.2, 0) is 30.0 Å². The molecule has 4 heterocycles. The Labute approximate surface area is 343 Å². The number of benzene rings is 3. The van der Waals surface area contributed by atoms with Crippen molar-refractivity contribution in [2.24, 2.45) is 7.05 Å². The molecule has 0 aliphatic heterocycles. The van der Waals surface area contributed by atoms with Gasteiger partial charge in [0, 0.05) is 49.1 Å². The molecule has 2 N–H and O–H groups in total. The van der Waals surface area contributed by atoms with Crippen LogP contribution in [0, 0.1) is 6.92 Å². The molecule has 16 heteroatoms. The molecule has 0 saturated carbocycles. The number of aromatic carboxylic acids is 1. The van der Waals surface area contributed by atoms with Crippen LogP contribution in [0.4, 0.5) is 0 Å². The van der Waals surface area contributed by atoms with Crippen molar-refractivity contribution in [3.63, 3.8) is 0 Å². The maximum absolute atomic E-state index is 13.2. The van der Waals surface area contributed by atoms with Crippen LogP contribution in [0.25, 0.3) is 33.3 Å². The molecule has 0 aliphatic rings. The number of carboxylic acids is 1. The van der Waals surface area contributed by atoms with E-state index in [4.69, 9.17) is 21.4 Å². The second kappa shape index (κ2) is 17.7. The standard InChI is InChI=1S/C25H22N4O6.C18H15ClN2O2S/c1-28-21-13-26-20(22(30)27-12-15-5-9-18(35-2)10-6-15)11-19(21)23(31)29(25(28)34)14-16-3-7-17(8-4-16)24(32)33;1-12-3-4-14(10-20-12)18-17(9-15(19)11-21-18)13-5-7-16(8-6-13)24(2,22)23/h3-11,13H,12,14H2,1-2H3,(H,27,30)(H,32,33);3-11H,1-2H3. The summed E-state index contributed by atoms with van der Waals surface area (Å²) in [5, 5.41) is 12.5. The summed E-state index contributed by atoms with van der Waals surface area (Å²) in [6.45, 7) is 2.12. The summed E-state index contributed by atoms with van der Waals surface area (Å²) in [6.07, 6.45) is 5.86. The maximum atomic E-state index is 13.2. The highest BCUT2D eigenvalue weighted by Gasteiger charge is 2.17. The van der Waals surface area contributed by atoms with Crippen LogP contribution >= 0.6 is 11.6 Å². The molecule has 0 fully saturated rings. The topological polar surface area (TPSA) is 192 Å². The first-order chi connectivity index (χ1) is 28.1. The van der Waals surface area contributed by atoms with E-state index in [2.05, 4.69) is 20.3 Å². The zero-order valence-corrected chi connectivity index (χ0v) is 33.8. The van der Waals surface area contributed by atoms with Crippen LogP contribution in [-0.4, -0.2) is 62.9 Å². The van der Waals surface area contributed by atoms with E-state index in [-0.39, 0.29) is 34.6 Å². The van der Waals surface area contributed by atoms with Gasteiger partial charge in [-0.05, 0) is 84.3 Å². The summed E-state index contributed by atoms with van der Waals surface area (Å²) >= 11 is 6.11. The smallest absolute Gasteiger partial charge is 0.335 e. The number of nitrogens with zero attached hydrogens (tertiary/aromatic N) is 5. The van der Waals surface area contributed by atoms with Gasteiger partial charge in [0.2, 0.25) is 0 Å². The molecule has 0 bridgehead atoms. The number of aryl methyl sites for hydroxylation is 2. The van der Waals surface area contributed by atoms with Gasteiger partial charge in [-0.2, -0.15) is 0 Å². The average molecular weight is 833 g/mol. The molecular weight excluding hydrogens is 796 g/mol. The normalized spacial score (nSPS) is 11.1. The Morgan fingerprint density at radius 1 is 0.831 bits per heavy atom. The summed E-state index contributed by atoms with van der Waals surface area (Å²) in [6, 6.07) is 26.9. The maximum Gasteiger partial charge on any atom is 0.335 e. The molecule has 7 aromatic rings. The molecule has 14 nitrogen and oxygen atoms in total. The van der Waals surface area contributed by atoms with E-state index in [0.29, 0.717) is 21.9 Å². The number of sulfone groups is 1. The van der Waals surface area contributed by atoms with Gasteiger partial charge in [0.25, 0.3) is 11.5 Å². The monoisotopic (exact) mass is 832 g/mol. The Morgan fingerprint density at radius 3 is 2.10 bits per heavy atom. The number of pyridine rings is 3. The van der Waals surface area contributed by atoms with Gasteiger partial charge in [0.05, 0.1) is 51.9 Å². The van der Waals surface area contributed by atoms with Crippen LogP contribution < -0.4 is 21.3 Å². The third kappa shape index (κ3) is 9.77. The number of hydrogen-bond acceptors (Lipinski definition) is 10. The molecule has 300 valence electrons. The highest BCUT2D eigenvalue weighted by molar-refractivity contribution is 7.90. The Balaban J connectivity index is 0.000000213. The molecule has 3 aromatic carbocycles. The van der Waals surface area contributed by atoms with E-state index >= 15 is 0 Å². The SMILES string of the molecule is COc1ccc(CNC(=O)c2cc3c(=O)n(Cc4ccc(C(=O)O)cc4)c(=O)n(C)c3cn2)cc1.Cc1ccc(-c2ncc(Cl)cc2-c2ccc(S(C)(=O)=O)cc2)cn1. The fourth-order valence-electron chi connectivity index (χ4n) is 6.00. The van der Waals surface area contributed by atoms with E-state index in [9.17, 15) is 27.6 Å². The molecule has 0 atom stereocenters. The Hall–Kier alpha value is -6.97. The molecule has 0 spiro atoms.